The number of ether oxygens (including phenoxy) is 1. The van der Waals surface area contributed by atoms with Crippen molar-refractivity contribution in [1.82, 2.24) is 10.2 Å². The summed E-state index contributed by atoms with van der Waals surface area (Å²) in [5, 5.41) is 13.9. The minimum atomic E-state index is -0.720. The smallest absolute Gasteiger partial charge is 0.194 e. The van der Waals surface area contributed by atoms with Crippen LogP contribution in [0, 0.1) is 6.92 Å². The van der Waals surface area contributed by atoms with Crippen LogP contribution in [-0.2, 0) is 4.74 Å². The van der Waals surface area contributed by atoms with E-state index in [1.165, 1.54) is 11.1 Å². The van der Waals surface area contributed by atoms with Crippen LogP contribution in [0.25, 0.3) is 0 Å². The first-order valence-corrected chi connectivity index (χ1v) is 9.45. The third kappa shape index (κ3) is 5.19. The van der Waals surface area contributed by atoms with Crippen molar-refractivity contribution in [2.45, 2.75) is 52.2 Å². The molecule has 0 bridgehead atoms. The van der Waals surface area contributed by atoms with Crippen molar-refractivity contribution < 1.29 is 9.84 Å². The molecule has 1 unspecified atom stereocenters. The number of nitrogens with zero attached hydrogens (tertiary/aromatic N) is 2. The summed E-state index contributed by atoms with van der Waals surface area (Å²) in [6.45, 7) is 11.7. The topological polar surface area (TPSA) is 57.1 Å². The van der Waals surface area contributed by atoms with Crippen molar-refractivity contribution in [3.05, 3.63) is 35.4 Å². The number of hydrogen-bond acceptors (Lipinski definition) is 3. The highest BCUT2D eigenvalue weighted by Crippen LogP contribution is 2.25. The van der Waals surface area contributed by atoms with E-state index in [0.29, 0.717) is 26.0 Å². The Hall–Kier alpha value is -1.59. The Labute approximate surface area is 152 Å². The molecular formula is C20H33N3O2. The van der Waals surface area contributed by atoms with Gasteiger partial charge in [0.05, 0.1) is 25.3 Å². The third-order valence-electron chi connectivity index (χ3n) is 5.08. The quantitative estimate of drug-likeness (QED) is 0.614. The van der Waals surface area contributed by atoms with Crippen LogP contribution < -0.4 is 5.32 Å². The van der Waals surface area contributed by atoms with Gasteiger partial charge in [0, 0.05) is 13.1 Å². The number of guanidine groups is 1. The van der Waals surface area contributed by atoms with Crippen molar-refractivity contribution in [3.8, 4) is 0 Å². The van der Waals surface area contributed by atoms with Gasteiger partial charge in [0.25, 0.3) is 0 Å². The number of benzene rings is 1. The molecule has 0 spiro atoms. The van der Waals surface area contributed by atoms with E-state index in [-0.39, 0.29) is 6.10 Å². The van der Waals surface area contributed by atoms with Gasteiger partial charge in [0.15, 0.2) is 5.96 Å². The van der Waals surface area contributed by atoms with E-state index < -0.39 is 5.60 Å². The molecule has 0 amide bonds. The minimum absolute atomic E-state index is 0.0510. The van der Waals surface area contributed by atoms with Crippen molar-refractivity contribution in [2.75, 3.05) is 32.8 Å². The van der Waals surface area contributed by atoms with Gasteiger partial charge in [-0.25, -0.2) is 0 Å². The maximum Gasteiger partial charge on any atom is 0.194 e. The van der Waals surface area contributed by atoms with Gasteiger partial charge >= 0.3 is 0 Å². The second-order valence-electron chi connectivity index (χ2n) is 6.76. The van der Waals surface area contributed by atoms with Gasteiger partial charge in [-0.05, 0) is 37.8 Å². The van der Waals surface area contributed by atoms with Gasteiger partial charge in [-0.1, -0.05) is 38.1 Å². The summed E-state index contributed by atoms with van der Waals surface area (Å²) >= 11 is 0. The Bertz CT molecular complexity index is 570. The molecule has 1 aromatic rings. The first kappa shape index (κ1) is 19.7. The van der Waals surface area contributed by atoms with Crippen LogP contribution in [0.1, 0.15) is 50.8 Å². The molecule has 2 rings (SSSR count). The second-order valence-corrected chi connectivity index (χ2v) is 6.76. The van der Waals surface area contributed by atoms with Crippen LogP contribution in [0.4, 0.5) is 0 Å². The maximum atomic E-state index is 10.5. The number of hydrogen-bond donors (Lipinski definition) is 2. The number of aliphatic hydroxyl groups is 1. The molecule has 0 aromatic heterocycles. The molecule has 1 fully saturated rings. The summed E-state index contributed by atoms with van der Waals surface area (Å²) < 4.78 is 6.02. The Balaban J connectivity index is 2.14. The van der Waals surface area contributed by atoms with E-state index in [1.54, 1.807) is 0 Å². The number of morpholine rings is 1. The SMILES string of the molecule is CCNC(=NCC(O)(CC)CC)N1CCOC(c2ccccc2C)C1. The number of rotatable bonds is 6. The fourth-order valence-electron chi connectivity index (χ4n) is 3.10. The Morgan fingerprint density at radius 1 is 1.32 bits per heavy atom. The van der Waals surface area contributed by atoms with Crippen LogP contribution in [0.15, 0.2) is 29.3 Å². The Morgan fingerprint density at radius 2 is 2.04 bits per heavy atom. The summed E-state index contributed by atoms with van der Waals surface area (Å²) in [5.41, 5.74) is 1.77. The fourth-order valence-corrected chi connectivity index (χ4v) is 3.10. The molecule has 2 N–H and O–H groups in total. The number of nitrogens with one attached hydrogen (secondary N) is 1. The van der Waals surface area contributed by atoms with Crippen molar-refractivity contribution in [1.29, 1.82) is 0 Å². The highest BCUT2D eigenvalue weighted by atomic mass is 16.5. The average molecular weight is 348 g/mol. The van der Waals surface area contributed by atoms with Gasteiger partial charge < -0.3 is 20.1 Å². The predicted octanol–water partition coefficient (Wildman–Crippen LogP) is 2.88. The molecule has 5 heteroatoms. The van der Waals surface area contributed by atoms with Crippen LogP contribution >= 0.6 is 0 Å². The molecule has 1 atom stereocenters. The fraction of sp³-hybridized carbons (Fsp3) is 0.650. The minimum Gasteiger partial charge on any atom is -0.388 e. The zero-order valence-corrected chi connectivity index (χ0v) is 16.1. The Morgan fingerprint density at radius 3 is 2.68 bits per heavy atom. The zero-order valence-electron chi connectivity index (χ0n) is 16.1. The molecule has 1 aliphatic rings. The third-order valence-corrected chi connectivity index (χ3v) is 5.08. The normalized spacial score (nSPS) is 19.2. The second kappa shape index (κ2) is 9.20. The van der Waals surface area contributed by atoms with Crippen molar-refractivity contribution in [3.63, 3.8) is 0 Å². The summed E-state index contributed by atoms with van der Waals surface area (Å²) in [4.78, 5) is 6.97. The van der Waals surface area contributed by atoms with Gasteiger partial charge in [0.2, 0.25) is 0 Å². The van der Waals surface area contributed by atoms with E-state index in [9.17, 15) is 5.11 Å². The van der Waals surface area contributed by atoms with Crippen LogP contribution in [0.2, 0.25) is 0 Å². The number of aliphatic imine (C=N–C) groups is 1. The summed E-state index contributed by atoms with van der Waals surface area (Å²) in [6, 6.07) is 8.38. The summed E-state index contributed by atoms with van der Waals surface area (Å²) in [5.74, 6) is 0.865. The molecule has 1 heterocycles. The van der Waals surface area contributed by atoms with E-state index >= 15 is 0 Å². The average Bonchev–Trinajstić information content (AvgIpc) is 2.65. The molecule has 0 aliphatic carbocycles. The molecule has 1 saturated heterocycles. The van der Waals surface area contributed by atoms with Gasteiger partial charge in [0.1, 0.15) is 6.10 Å². The first-order chi connectivity index (χ1) is 12.0. The lowest BCUT2D eigenvalue weighted by Gasteiger charge is -2.36. The van der Waals surface area contributed by atoms with E-state index in [4.69, 9.17) is 9.73 Å². The largest absolute Gasteiger partial charge is 0.388 e. The predicted molar refractivity (Wildman–Crippen MR) is 103 cm³/mol. The molecule has 1 aromatic carbocycles. The molecule has 5 nitrogen and oxygen atoms in total. The zero-order chi connectivity index (χ0) is 18.3. The molecule has 25 heavy (non-hydrogen) atoms. The van der Waals surface area contributed by atoms with E-state index in [1.807, 2.05) is 13.8 Å². The van der Waals surface area contributed by atoms with Gasteiger partial charge in [-0.15, -0.1) is 0 Å². The maximum absolute atomic E-state index is 10.5. The molecule has 0 radical (unpaired) electrons. The summed E-state index contributed by atoms with van der Waals surface area (Å²) in [7, 11) is 0. The van der Waals surface area contributed by atoms with Crippen LogP contribution in [-0.4, -0.2) is 54.4 Å². The summed E-state index contributed by atoms with van der Waals surface area (Å²) in [6.07, 6.45) is 1.47. The standard InChI is InChI=1S/C20H33N3O2/c1-5-20(24,6-2)15-22-19(21-7-3)23-12-13-25-18(14-23)17-11-9-8-10-16(17)4/h8-11,18,24H,5-7,12-15H2,1-4H3,(H,21,22). The Kier molecular flexibility index (Phi) is 7.26. The van der Waals surface area contributed by atoms with Crippen LogP contribution in [0.5, 0.6) is 0 Å². The van der Waals surface area contributed by atoms with Gasteiger partial charge in [-0.2, -0.15) is 0 Å². The lowest BCUT2D eigenvalue weighted by molar-refractivity contribution is -0.00873. The monoisotopic (exact) mass is 347 g/mol. The molecular weight excluding hydrogens is 314 g/mol. The lowest BCUT2D eigenvalue weighted by Crippen LogP contribution is -2.49. The van der Waals surface area contributed by atoms with E-state index in [2.05, 4.69) is 48.3 Å². The molecule has 140 valence electrons. The van der Waals surface area contributed by atoms with Crippen molar-refractivity contribution >= 4 is 5.96 Å². The highest BCUT2D eigenvalue weighted by Gasteiger charge is 2.27. The molecule has 1 aliphatic heterocycles. The van der Waals surface area contributed by atoms with E-state index in [0.717, 1.165) is 25.6 Å². The highest BCUT2D eigenvalue weighted by molar-refractivity contribution is 5.80. The molecule has 0 saturated carbocycles. The van der Waals surface area contributed by atoms with Gasteiger partial charge in [-0.3, -0.25) is 4.99 Å². The number of aryl methyl sites for hydroxylation is 1. The lowest BCUT2D eigenvalue weighted by atomic mass is 9.98. The first-order valence-electron chi connectivity index (χ1n) is 9.45. The van der Waals surface area contributed by atoms with Crippen molar-refractivity contribution in [2.24, 2.45) is 4.99 Å². The van der Waals surface area contributed by atoms with Crippen LogP contribution in [0.3, 0.4) is 0 Å².